The molecule has 2 aromatic carbocycles. The van der Waals surface area contributed by atoms with Gasteiger partial charge in [-0.15, -0.1) is 0 Å². The number of carboxylic acid groups (broad SMARTS) is 1. The van der Waals surface area contributed by atoms with Crippen molar-refractivity contribution >= 4 is 35.2 Å². The number of rotatable bonds is 4. The molecule has 1 amide bonds. The molecule has 0 aromatic heterocycles. The number of carbonyl (C=O) groups excluding carboxylic acids is 1. The van der Waals surface area contributed by atoms with Gasteiger partial charge in [-0.25, -0.2) is 0 Å². The number of carbonyl (C=O) groups is 2. The first-order valence-electron chi connectivity index (χ1n) is 8.09. The molecule has 4 nitrogen and oxygen atoms in total. The molecule has 0 aliphatic carbocycles. The van der Waals surface area contributed by atoms with E-state index in [1.165, 1.54) is 11.8 Å². The molecule has 0 atom stereocenters. The molecule has 3 rings (SSSR count). The van der Waals surface area contributed by atoms with Crippen molar-refractivity contribution in [2.75, 3.05) is 13.1 Å². The summed E-state index contributed by atoms with van der Waals surface area (Å²) in [4.78, 5) is 27.6. The Bertz CT molecular complexity index is 773. The average molecular weight is 376 g/mol. The van der Waals surface area contributed by atoms with Crippen LogP contribution in [0.4, 0.5) is 0 Å². The monoisotopic (exact) mass is 375 g/mol. The summed E-state index contributed by atoms with van der Waals surface area (Å²) in [7, 11) is 0. The number of carboxylic acids is 1. The molecule has 2 aromatic rings. The second-order valence-electron chi connectivity index (χ2n) is 5.96. The lowest BCUT2D eigenvalue weighted by atomic mass is 9.96. The van der Waals surface area contributed by atoms with Gasteiger partial charge in [0.05, 0.1) is 11.5 Å². The van der Waals surface area contributed by atoms with Crippen LogP contribution < -0.4 is 0 Å². The highest BCUT2D eigenvalue weighted by molar-refractivity contribution is 7.99. The Morgan fingerprint density at radius 1 is 1.08 bits per heavy atom. The van der Waals surface area contributed by atoms with Crippen molar-refractivity contribution in [1.82, 2.24) is 4.90 Å². The Hall–Kier alpha value is -1.98. The van der Waals surface area contributed by atoms with Gasteiger partial charge in [0.25, 0.3) is 5.91 Å². The van der Waals surface area contributed by atoms with E-state index in [1.807, 2.05) is 36.4 Å². The molecule has 0 saturated carbocycles. The number of hydrogen-bond donors (Lipinski definition) is 1. The molecule has 0 radical (unpaired) electrons. The molecule has 130 valence electrons. The maximum absolute atomic E-state index is 12.9. The van der Waals surface area contributed by atoms with Crippen LogP contribution in [0.1, 0.15) is 23.2 Å². The van der Waals surface area contributed by atoms with Crippen LogP contribution in [0.15, 0.2) is 58.3 Å². The standard InChI is InChI=1S/C19H18ClNO3S/c20-14-6-7-17(25-15-4-2-1-3-5-15)16(12-14)18(22)21-10-8-13(9-11-21)19(23)24/h1-7,12-13H,8-11H2,(H,23,24). The number of benzene rings is 2. The maximum atomic E-state index is 12.9. The van der Waals surface area contributed by atoms with E-state index in [0.717, 1.165) is 9.79 Å². The molecule has 1 saturated heterocycles. The van der Waals surface area contributed by atoms with E-state index in [4.69, 9.17) is 16.7 Å². The Kier molecular flexibility index (Phi) is 5.66. The van der Waals surface area contributed by atoms with Crippen LogP contribution in [0.3, 0.4) is 0 Å². The molecule has 1 N–H and O–H groups in total. The molecular formula is C19H18ClNO3S. The van der Waals surface area contributed by atoms with Gasteiger partial charge in [0, 0.05) is 27.9 Å². The summed E-state index contributed by atoms with van der Waals surface area (Å²) >= 11 is 7.63. The fraction of sp³-hybridized carbons (Fsp3) is 0.263. The number of amides is 1. The van der Waals surface area contributed by atoms with Gasteiger partial charge < -0.3 is 10.0 Å². The number of piperidine rings is 1. The third-order valence-corrected chi connectivity index (χ3v) is 5.59. The Labute approximate surface area is 155 Å². The molecule has 25 heavy (non-hydrogen) atoms. The largest absolute Gasteiger partial charge is 0.481 e. The Morgan fingerprint density at radius 3 is 2.40 bits per heavy atom. The van der Waals surface area contributed by atoms with Crippen LogP contribution in [-0.4, -0.2) is 35.0 Å². The normalized spacial score (nSPS) is 15.2. The zero-order valence-corrected chi connectivity index (χ0v) is 15.1. The van der Waals surface area contributed by atoms with Gasteiger partial charge >= 0.3 is 5.97 Å². The highest BCUT2D eigenvalue weighted by Crippen LogP contribution is 2.33. The molecular weight excluding hydrogens is 358 g/mol. The zero-order valence-electron chi connectivity index (χ0n) is 13.5. The third-order valence-electron chi connectivity index (χ3n) is 4.27. The molecule has 1 aliphatic rings. The van der Waals surface area contributed by atoms with E-state index in [2.05, 4.69) is 0 Å². The topological polar surface area (TPSA) is 57.6 Å². The van der Waals surface area contributed by atoms with Gasteiger partial charge in [0.2, 0.25) is 0 Å². The molecule has 0 bridgehead atoms. The van der Waals surface area contributed by atoms with Gasteiger partial charge in [-0.3, -0.25) is 9.59 Å². The van der Waals surface area contributed by atoms with Crippen molar-refractivity contribution in [3.63, 3.8) is 0 Å². The average Bonchev–Trinajstić information content (AvgIpc) is 2.63. The highest BCUT2D eigenvalue weighted by atomic mass is 35.5. The van der Waals surface area contributed by atoms with Gasteiger partial charge in [0.15, 0.2) is 0 Å². The second-order valence-corrected chi connectivity index (χ2v) is 7.51. The summed E-state index contributed by atoms with van der Waals surface area (Å²) in [5.41, 5.74) is 0.565. The predicted molar refractivity (Wildman–Crippen MR) is 98.3 cm³/mol. The van der Waals surface area contributed by atoms with Crippen molar-refractivity contribution in [3.05, 3.63) is 59.1 Å². The summed E-state index contributed by atoms with van der Waals surface area (Å²) in [6.07, 6.45) is 0.978. The fourth-order valence-electron chi connectivity index (χ4n) is 2.87. The van der Waals surface area contributed by atoms with Crippen molar-refractivity contribution in [1.29, 1.82) is 0 Å². The van der Waals surface area contributed by atoms with Gasteiger partial charge in [-0.05, 0) is 43.2 Å². The lowest BCUT2D eigenvalue weighted by Crippen LogP contribution is -2.40. The summed E-state index contributed by atoms with van der Waals surface area (Å²) < 4.78 is 0. The van der Waals surface area contributed by atoms with E-state index < -0.39 is 5.97 Å². The van der Waals surface area contributed by atoms with Crippen LogP contribution in [0, 0.1) is 5.92 Å². The van der Waals surface area contributed by atoms with Crippen LogP contribution in [0.5, 0.6) is 0 Å². The first-order chi connectivity index (χ1) is 12.0. The fourth-order valence-corrected chi connectivity index (χ4v) is 3.99. The summed E-state index contributed by atoms with van der Waals surface area (Å²) in [6, 6.07) is 15.2. The molecule has 0 unspecified atom stereocenters. The Morgan fingerprint density at radius 2 is 1.76 bits per heavy atom. The van der Waals surface area contributed by atoms with Crippen LogP contribution in [0.25, 0.3) is 0 Å². The van der Waals surface area contributed by atoms with Gasteiger partial charge in [-0.2, -0.15) is 0 Å². The first-order valence-corrected chi connectivity index (χ1v) is 9.28. The van der Waals surface area contributed by atoms with Gasteiger partial charge in [-0.1, -0.05) is 41.6 Å². The summed E-state index contributed by atoms with van der Waals surface area (Å²) in [5, 5.41) is 9.62. The van der Waals surface area contributed by atoms with Crippen molar-refractivity contribution in [2.45, 2.75) is 22.6 Å². The predicted octanol–water partition coefficient (Wildman–Crippen LogP) is 4.43. The van der Waals surface area contributed by atoms with Crippen LogP contribution in [0.2, 0.25) is 5.02 Å². The SMILES string of the molecule is O=C(O)C1CCN(C(=O)c2cc(Cl)ccc2Sc2ccccc2)CC1. The molecule has 1 aliphatic heterocycles. The summed E-state index contributed by atoms with van der Waals surface area (Å²) in [6.45, 7) is 0.912. The minimum atomic E-state index is -0.782. The molecule has 1 heterocycles. The van der Waals surface area contributed by atoms with E-state index in [0.29, 0.717) is 36.5 Å². The number of aliphatic carboxylic acids is 1. The molecule has 1 fully saturated rings. The first kappa shape index (κ1) is 17.8. The van der Waals surface area contributed by atoms with Crippen molar-refractivity contribution < 1.29 is 14.7 Å². The number of likely N-dealkylation sites (tertiary alicyclic amines) is 1. The lowest BCUT2D eigenvalue weighted by molar-refractivity contribution is -0.143. The quantitative estimate of drug-likeness (QED) is 0.858. The third kappa shape index (κ3) is 4.35. The number of nitrogens with zero attached hydrogens (tertiary/aromatic N) is 1. The highest BCUT2D eigenvalue weighted by Gasteiger charge is 2.28. The lowest BCUT2D eigenvalue weighted by Gasteiger charge is -2.30. The maximum Gasteiger partial charge on any atom is 0.306 e. The molecule has 0 spiro atoms. The zero-order chi connectivity index (χ0) is 17.8. The minimum Gasteiger partial charge on any atom is -0.481 e. The minimum absolute atomic E-state index is 0.0928. The Balaban J connectivity index is 1.80. The van der Waals surface area contributed by atoms with Crippen molar-refractivity contribution in [3.8, 4) is 0 Å². The van der Waals surface area contributed by atoms with E-state index in [1.54, 1.807) is 17.0 Å². The second kappa shape index (κ2) is 7.93. The number of hydrogen-bond acceptors (Lipinski definition) is 3. The van der Waals surface area contributed by atoms with Gasteiger partial charge in [0.1, 0.15) is 0 Å². The number of halogens is 1. The van der Waals surface area contributed by atoms with E-state index in [-0.39, 0.29) is 11.8 Å². The van der Waals surface area contributed by atoms with Crippen molar-refractivity contribution in [2.24, 2.45) is 5.92 Å². The summed E-state index contributed by atoms with van der Waals surface area (Å²) in [5.74, 6) is -1.23. The smallest absolute Gasteiger partial charge is 0.306 e. The van der Waals surface area contributed by atoms with E-state index in [9.17, 15) is 9.59 Å². The molecule has 6 heteroatoms. The van der Waals surface area contributed by atoms with Crippen LogP contribution in [-0.2, 0) is 4.79 Å². The van der Waals surface area contributed by atoms with Crippen LogP contribution >= 0.6 is 23.4 Å². The van der Waals surface area contributed by atoms with E-state index >= 15 is 0 Å².